The highest BCUT2D eigenvalue weighted by Crippen LogP contribution is 2.45. The Labute approximate surface area is 177 Å². The lowest BCUT2D eigenvalue weighted by atomic mass is 10.1. The van der Waals surface area contributed by atoms with Gasteiger partial charge >= 0.3 is 12.4 Å². The maximum absolute atomic E-state index is 12.8. The van der Waals surface area contributed by atoms with E-state index in [1.54, 1.807) is 19.1 Å². The molecule has 0 saturated heterocycles. The lowest BCUT2D eigenvalue weighted by Gasteiger charge is -2.33. The first-order chi connectivity index (χ1) is 14.9. The van der Waals surface area contributed by atoms with Crippen LogP contribution in [0.4, 0.5) is 32.0 Å². The van der Waals surface area contributed by atoms with Crippen molar-refractivity contribution in [3.63, 3.8) is 0 Å². The summed E-state index contributed by atoms with van der Waals surface area (Å²) >= 11 is 0. The summed E-state index contributed by atoms with van der Waals surface area (Å²) in [7, 11) is 0. The third-order valence-electron chi connectivity index (χ3n) is 4.69. The lowest BCUT2D eigenvalue weighted by Crippen LogP contribution is -2.56. The number of aromatic nitrogens is 2. The van der Waals surface area contributed by atoms with Crippen molar-refractivity contribution in [1.29, 1.82) is 5.26 Å². The Morgan fingerprint density at radius 1 is 1.12 bits per heavy atom. The van der Waals surface area contributed by atoms with Crippen molar-refractivity contribution in [3.05, 3.63) is 41.6 Å². The summed E-state index contributed by atoms with van der Waals surface area (Å²) < 4.78 is 86.6. The fraction of sp³-hybridized carbons (Fsp3) is 0.350. The minimum atomic E-state index is -5.61. The van der Waals surface area contributed by atoms with Gasteiger partial charge in [-0.15, -0.1) is 0 Å². The van der Waals surface area contributed by atoms with Crippen molar-refractivity contribution in [1.82, 2.24) is 9.97 Å². The van der Waals surface area contributed by atoms with Crippen LogP contribution < -0.4 is 5.32 Å². The number of hydrogen-bond acceptors (Lipinski definition) is 6. The van der Waals surface area contributed by atoms with E-state index in [0.29, 0.717) is 28.0 Å². The highest BCUT2D eigenvalue weighted by atomic mass is 19.4. The number of anilines is 1. The second-order valence-electron chi connectivity index (χ2n) is 7.01. The number of rotatable bonds is 6. The molecule has 1 aromatic carbocycles. The van der Waals surface area contributed by atoms with Gasteiger partial charge in [0.05, 0.1) is 30.1 Å². The molecule has 1 N–H and O–H groups in total. The van der Waals surface area contributed by atoms with Crippen molar-refractivity contribution in [2.75, 3.05) is 18.5 Å². The van der Waals surface area contributed by atoms with Gasteiger partial charge in [-0.25, -0.2) is 9.97 Å². The maximum atomic E-state index is 12.8. The summed E-state index contributed by atoms with van der Waals surface area (Å²) in [6, 6.07) is 8.28. The molecule has 0 saturated carbocycles. The van der Waals surface area contributed by atoms with Gasteiger partial charge in [-0.1, -0.05) is 0 Å². The average Bonchev–Trinajstić information content (AvgIpc) is 3.14. The van der Waals surface area contributed by atoms with Crippen molar-refractivity contribution in [3.8, 4) is 17.7 Å². The van der Waals surface area contributed by atoms with E-state index in [9.17, 15) is 26.3 Å². The molecule has 0 amide bonds. The molecule has 0 aliphatic carbocycles. The number of pyridine rings is 1. The molecule has 0 fully saturated rings. The second kappa shape index (κ2) is 8.31. The highest BCUT2D eigenvalue weighted by Gasteiger charge is 2.69. The number of ether oxygens (including phenoxy) is 1. The zero-order valence-corrected chi connectivity index (χ0v) is 16.7. The fourth-order valence-electron chi connectivity index (χ4n) is 2.77. The van der Waals surface area contributed by atoms with E-state index in [-0.39, 0.29) is 19.4 Å². The summed E-state index contributed by atoms with van der Waals surface area (Å²) in [5.74, 6) is 0.194. The summed E-state index contributed by atoms with van der Waals surface area (Å²) in [5, 5.41) is 11.7. The van der Waals surface area contributed by atoms with Crippen molar-refractivity contribution < 1.29 is 35.5 Å². The minimum Gasteiger partial charge on any atom is -0.434 e. The Kier molecular flexibility index (Phi) is 6.06. The maximum Gasteiger partial charge on any atom is 0.426 e. The first kappa shape index (κ1) is 23.3. The lowest BCUT2D eigenvalue weighted by molar-refractivity contribution is -0.373. The van der Waals surface area contributed by atoms with Crippen molar-refractivity contribution in [2.45, 2.75) is 31.8 Å². The van der Waals surface area contributed by atoms with Gasteiger partial charge in [-0.05, 0) is 43.7 Å². The van der Waals surface area contributed by atoms with Gasteiger partial charge in [-0.2, -0.15) is 31.6 Å². The number of benzene rings is 1. The predicted octanol–water partition coefficient (Wildman–Crippen LogP) is 5.38. The number of nitriles is 1. The molecule has 12 heteroatoms. The molecule has 3 rings (SSSR count). The number of hydrogen-bond donors (Lipinski definition) is 1. The molecule has 3 aromatic rings. The van der Waals surface area contributed by atoms with Gasteiger partial charge in [0.25, 0.3) is 5.60 Å². The van der Waals surface area contributed by atoms with Crippen LogP contribution in [0.2, 0.25) is 0 Å². The molecule has 0 bridgehead atoms. The van der Waals surface area contributed by atoms with Crippen LogP contribution in [0.5, 0.6) is 0 Å². The molecule has 0 aliphatic rings. The zero-order chi connectivity index (χ0) is 23.7. The summed E-state index contributed by atoms with van der Waals surface area (Å²) in [4.78, 5) is 8.43. The van der Waals surface area contributed by atoms with E-state index < -0.39 is 24.6 Å². The van der Waals surface area contributed by atoms with Crippen LogP contribution in [0.3, 0.4) is 0 Å². The first-order valence-corrected chi connectivity index (χ1v) is 9.15. The summed E-state index contributed by atoms with van der Waals surface area (Å²) in [6.45, 7) is 0.554. The molecule has 32 heavy (non-hydrogen) atoms. The number of oxazole rings is 1. The molecule has 0 unspecified atom stereocenters. The quantitative estimate of drug-likeness (QED) is 0.394. The Hall–Kier alpha value is -3.33. The highest BCUT2D eigenvalue weighted by molar-refractivity contribution is 5.80. The molecular formula is C20H16F6N4O2. The molecule has 0 atom stereocenters. The SMILES string of the molecule is Cc1cc(C#N)cc2nc(-c3ccc(NCCOC(C)(C(F)(F)F)C(F)(F)F)cn3)oc12. The number of aryl methyl sites for hydroxylation is 1. The van der Waals surface area contributed by atoms with E-state index in [0.717, 1.165) is 5.56 Å². The van der Waals surface area contributed by atoms with Crippen LogP contribution in [0.1, 0.15) is 18.1 Å². The summed E-state index contributed by atoms with van der Waals surface area (Å²) in [6.07, 6.45) is -9.90. The van der Waals surface area contributed by atoms with Crippen molar-refractivity contribution >= 4 is 16.8 Å². The van der Waals surface area contributed by atoms with Crippen LogP contribution in [0.25, 0.3) is 22.7 Å². The number of fused-ring (bicyclic) bond motifs is 1. The fourth-order valence-corrected chi connectivity index (χ4v) is 2.77. The Morgan fingerprint density at radius 2 is 1.81 bits per heavy atom. The zero-order valence-electron chi connectivity index (χ0n) is 16.7. The van der Waals surface area contributed by atoms with Crippen LogP contribution in [-0.4, -0.2) is 41.1 Å². The summed E-state index contributed by atoms with van der Waals surface area (Å²) in [5.41, 5.74) is -1.44. The number of nitrogens with one attached hydrogen (secondary N) is 1. The largest absolute Gasteiger partial charge is 0.434 e. The average molecular weight is 458 g/mol. The molecule has 2 heterocycles. The molecule has 0 spiro atoms. The normalized spacial score (nSPS) is 12.7. The smallest absolute Gasteiger partial charge is 0.426 e. The van der Waals surface area contributed by atoms with E-state index in [2.05, 4.69) is 20.0 Å². The molecule has 2 aromatic heterocycles. The van der Waals surface area contributed by atoms with Crippen molar-refractivity contribution in [2.24, 2.45) is 0 Å². The van der Waals surface area contributed by atoms with E-state index in [1.807, 2.05) is 6.07 Å². The standard InChI is InChI=1S/C20H16F6N4O2/c1-11-7-12(9-27)8-15-16(11)32-17(30-15)14-4-3-13(10-29-14)28-5-6-31-18(2,19(21,22)23)20(24,25)26/h3-4,7-8,10,28H,5-6H2,1-2H3. The van der Waals surface area contributed by atoms with Gasteiger partial charge in [0.2, 0.25) is 5.89 Å². The number of alkyl halides is 6. The Morgan fingerprint density at radius 3 is 2.38 bits per heavy atom. The Bertz CT molecular complexity index is 1130. The number of nitrogens with zero attached hydrogens (tertiary/aromatic N) is 3. The van der Waals surface area contributed by atoms with Crippen LogP contribution >= 0.6 is 0 Å². The van der Waals surface area contributed by atoms with E-state index in [1.165, 1.54) is 18.3 Å². The molecule has 6 nitrogen and oxygen atoms in total. The van der Waals surface area contributed by atoms with Crippen LogP contribution in [-0.2, 0) is 4.74 Å². The van der Waals surface area contributed by atoms with Gasteiger partial charge in [0.1, 0.15) is 11.2 Å². The predicted molar refractivity (Wildman–Crippen MR) is 102 cm³/mol. The third kappa shape index (κ3) is 4.47. The first-order valence-electron chi connectivity index (χ1n) is 9.15. The van der Waals surface area contributed by atoms with E-state index in [4.69, 9.17) is 9.68 Å². The third-order valence-corrected chi connectivity index (χ3v) is 4.69. The minimum absolute atomic E-state index is 0.0506. The molecule has 0 radical (unpaired) electrons. The van der Waals surface area contributed by atoms with Gasteiger partial charge in [0.15, 0.2) is 5.58 Å². The van der Waals surface area contributed by atoms with Gasteiger partial charge < -0.3 is 14.5 Å². The Balaban J connectivity index is 1.65. The van der Waals surface area contributed by atoms with Gasteiger partial charge in [0, 0.05) is 6.54 Å². The molecular weight excluding hydrogens is 442 g/mol. The van der Waals surface area contributed by atoms with Gasteiger partial charge in [-0.3, -0.25) is 0 Å². The van der Waals surface area contributed by atoms with Crippen LogP contribution in [0, 0.1) is 18.3 Å². The monoisotopic (exact) mass is 458 g/mol. The van der Waals surface area contributed by atoms with Crippen LogP contribution in [0.15, 0.2) is 34.9 Å². The van der Waals surface area contributed by atoms with E-state index >= 15 is 0 Å². The topological polar surface area (TPSA) is 84.0 Å². The molecule has 0 aliphatic heterocycles. The number of halogens is 6. The molecule has 170 valence electrons. The second-order valence-corrected chi connectivity index (χ2v) is 7.01.